The molecular formula is C6H9ClN2. The van der Waals surface area contributed by atoms with Gasteiger partial charge in [0.05, 0.1) is 12.1 Å². The fourth-order valence-corrected chi connectivity index (χ4v) is 0.786. The average molecular weight is 145 g/mol. The van der Waals surface area contributed by atoms with E-state index in [1.165, 1.54) is 0 Å². The molecule has 0 aliphatic carbocycles. The van der Waals surface area contributed by atoms with E-state index in [1.54, 1.807) is 6.20 Å². The highest BCUT2D eigenvalue weighted by Crippen LogP contribution is 2.00. The lowest BCUT2D eigenvalue weighted by molar-refractivity contribution is 0.659. The molecule has 0 aliphatic heterocycles. The molecule has 9 heavy (non-hydrogen) atoms. The van der Waals surface area contributed by atoms with Gasteiger partial charge in [-0.25, -0.2) is 0 Å². The molecule has 1 heterocycles. The molecule has 50 valence electrons. The van der Waals surface area contributed by atoms with Gasteiger partial charge in [-0.3, -0.25) is 4.68 Å². The third kappa shape index (κ3) is 1.45. The van der Waals surface area contributed by atoms with Gasteiger partial charge in [-0.1, -0.05) is 0 Å². The minimum atomic E-state index is 0.556. The first-order chi connectivity index (χ1) is 4.36. The van der Waals surface area contributed by atoms with Crippen molar-refractivity contribution in [1.82, 2.24) is 9.78 Å². The predicted octanol–water partition coefficient (Wildman–Crippen LogP) is 1.64. The summed E-state index contributed by atoms with van der Waals surface area (Å²) >= 11 is 5.54. The van der Waals surface area contributed by atoms with Gasteiger partial charge in [0.15, 0.2) is 0 Å². The predicted molar refractivity (Wildman–Crippen MR) is 37.5 cm³/mol. The number of halogens is 1. The quantitative estimate of drug-likeness (QED) is 0.577. The van der Waals surface area contributed by atoms with Crippen LogP contribution in [0, 0.1) is 0 Å². The maximum Gasteiger partial charge on any atom is 0.0533 e. The molecule has 0 aliphatic rings. The Bertz CT molecular complexity index is 164. The molecule has 2 nitrogen and oxygen atoms in total. The van der Waals surface area contributed by atoms with Crippen molar-refractivity contribution in [2.45, 2.75) is 19.3 Å². The van der Waals surface area contributed by atoms with Gasteiger partial charge in [0, 0.05) is 18.3 Å². The van der Waals surface area contributed by atoms with E-state index >= 15 is 0 Å². The molecule has 0 bridgehead atoms. The summed E-state index contributed by atoms with van der Waals surface area (Å²) in [7, 11) is 0. The first-order valence-corrected chi connectivity index (χ1v) is 3.47. The summed E-state index contributed by atoms with van der Waals surface area (Å²) in [5.41, 5.74) is 1.08. The van der Waals surface area contributed by atoms with Crippen LogP contribution < -0.4 is 0 Å². The summed E-state index contributed by atoms with van der Waals surface area (Å²) in [4.78, 5) is 0. The van der Waals surface area contributed by atoms with E-state index < -0.39 is 0 Å². The van der Waals surface area contributed by atoms with Crippen molar-refractivity contribution >= 4 is 11.6 Å². The molecule has 0 N–H and O–H groups in total. The summed E-state index contributed by atoms with van der Waals surface area (Å²) in [6, 6.07) is 0. The Labute approximate surface area is 59.4 Å². The molecule has 1 aromatic rings. The lowest BCUT2D eigenvalue weighted by Crippen LogP contribution is -1.91. The average Bonchev–Trinajstić information content (AvgIpc) is 2.34. The zero-order valence-corrected chi connectivity index (χ0v) is 6.10. The third-order valence-electron chi connectivity index (χ3n) is 1.17. The van der Waals surface area contributed by atoms with E-state index in [9.17, 15) is 0 Å². The van der Waals surface area contributed by atoms with Crippen LogP contribution in [0.25, 0.3) is 0 Å². The van der Waals surface area contributed by atoms with Gasteiger partial charge in [0.25, 0.3) is 0 Å². The maximum atomic E-state index is 5.54. The number of aryl methyl sites for hydroxylation is 1. The van der Waals surface area contributed by atoms with Crippen LogP contribution in [0.1, 0.15) is 12.5 Å². The van der Waals surface area contributed by atoms with Crippen LogP contribution >= 0.6 is 11.6 Å². The van der Waals surface area contributed by atoms with E-state index in [1.807, 2.05) is 17.8 Å². The van der Waals surface area contributed by atoms with E-state index in [4.69, 9.17) is 11.6 Å². The number of hydrogen-bond acceptors (Lipinski definition) is 1. The van der Waals surface area contributed by atoms with Crippen molar-refractivity contribution in [1.29, 1.82) is 0 Å². The van der Waals surface area contributed by atoms with E-state index in [2.05, 4.69) is 5.10 Å². The zero-order chi connectivity index (χ0) is 6.69. The molecule has 0 amide bonds. The highest BCUT2D eigenvalue weighted by molar-refractivity contribution is 6.17. The summed E-state index contributed by atoms with van der Waals surface area (Å²) < 4.78 is 1.86. The molecule has 0 saturated carbocycles. The SMILES string of the molecule is CCn1cc(CCl)cn1. The van der Waals surface area contributed by atoms with Gasteiger partial charge in [-0.2, -0.15) is 5.10 Å². The largest absolute Gasteiger partial charge is 0.273 e. The zero-order valence-electron chi connectivity index (χ0n) is 5.34. The van der Waals surface area contributed by atoms with Crippen LogP contribution in [0.15, 0.2) is 12.4 Å². The van der Waals surface area contributed by atoms with Crippen molar-refractivity contribution in [2.75, 3.05) is 0 Å². The van der Waals surface area contributed by atoms with Crippen molar-refractivity contribution in [3.05, 3.63) is 18.0 Å². The summed E-state index contributed by atoms with van der Waals surface area (Å²) in [5, 5.41) is 4.04. The second kappa shape index (κ2) is 2.87. The minimum absolute atomic E-state index is 0.556. The Morgan fingerprint density at radius 3 is 2.89 bits per heavy atom. The Morgan fingerprint density at radius 1 is 1.78 bits per heavy atom. The monoisotopic (exact) mass is 144 g/mol. The Kier molecular flexibility index (Phi) is 2.11. The molecule has 0 fully saturated rings. The minimum Gasteiger partial charge on any atom is -0.273 e. The van der Waals surface area contributed by atoms with Crippen molar-refractivity contribution in [3.8, 4) is 0 Å². The molecule has 3 heteroatoms. The highest BCUT2D eigenvalue weighted by Gasteiger charge is 1.92. The Morgan fingerprint density at radius 2 is 2.56 bits per heavy atom. The van der Waals surface area contributed by atoms with Gasteiger partial charge in [0.2, 0.25) is 0 Å². The van der Waals surface area contributed by atoms with Crippen LogP contribution in [0.2, 0.25) is 0 Å². The molecule has 1 aromatic heterocycles. The number of rotatable bonds is 2. The standard InChI is InChI=1S/C6H9ClN2/c1-2-9-5-6(3-7)4-8-9/h4-5H,2-3H2,1H3. The smallest absolute Gasteiger partial charge is 0.0533 e. The summed E-state index contributed by atoms with van der Waals surface area (Å²) in [5.74, 6) is 0.556. The lowest BCUT2D eigenvalue weighted by Gasteiger charge is -1.89. The maximum absolute atomic E-state index is 5.54. The molecule has 0 radical (unpaired) electrons. The molecule has 0 atom stereocenters. The van der Waals surface area contributed by atoms with Crippen LogP contribution in [0.4, 0.5) is 0 Å². The third-order valence-corrected chi connectivity index (χ3v) is 1.47. The highest BCUT2D eigenvalue weighted by atomic mass is 35.5. The van der Waals surface area contributed by atoms with Crippen LogP contribution in [0.3, 0.4) is 0 Å². The topological polar surface area (TPSA) is 17.8 Å². The molecule has 0 saturated heterocycles. The fourth-order valence-electron chi connectivity index (χ4n) is 0.648. The van der Waals surface area contributed by atoms with E-state index in [0.29, 0.717) is 5.88 Å². The first kappa shape index (κ1) is 6.62. The van der Waals surface area contributed by atoms with Gasteiger partial charge < -0.3 is 0 Å². The van der Waals surface area contributed by atoms with Crippen LogP contribution in [-0.2, 0) is 12.4 Å². The van der Waals surface area contributed by atoms with Crippen molar-refractivity contribution in [2.24, 2.45) is 0 Å². The van der Waals surface area contributed by atoms with Gasteiger partial charge >= 0.3 is 0 Å². The lowest BCUT2D eigenvalue weighted by atomic mass is 10.4. The second-order valence-corrected chi connectivity index (χ2v) is 2.11. The van der Waals surface area contributed by atoms with Gasteiger partial charge in [0.1, 0.15) is 0 Å². The molecule has 0 aromatic carbocycles. The van der Waals surface area contributed by atoms with Crippen molar-refractivity contribution < 1.29 is 0 Å². The summed E-state index contributed by atoms with van der Waals surface area (Å²) in [6.07, 6.45) is 3.74. The van der Waals surface area contributed by atoms with E-state index in [-0.39, 0.29) is 0 Å². The second-order valence-electron chi connectivity index (χ2n) is 1.84. The molecular weight excluding hydrogens is 136 g/mol. The van der Waals surface area contributed by atoms with Gasteiger partial charge in [-0.05, 0) is 6.92 Å². The van der Waals surface area contributed by atoms with Gasteiger partial charge in [-0.15, -0.1) is 11.6 Å². The Hall–Kier alpha value is -0.500. The number of aromatic nitrogens is 2. The van der Waals surface area contributed by atoms with E-state index in [0.717, 1.165) is 12.1 Å². The molecule has 0 unspecified atom stereocenters. The Balaban J connectivity index is 2.74. The molecule has 1 rings (SSSR count). The normalized spacial score (nSPS) is 10.0. The van der Waals surface area contributed by atoms with Crippen LogP contribution in [0.5, 0.6) is 0 Å². The number of alkyl halides is 1. The summed E-state index contributed by atoms with van der Waals surface area (Å²) in [6.45, 7) is 2.96. The number of nitrogens with zero attached hydrogens (tertiary/aromatic N) is 2. The fraction of sp³-hybridized carbons (Fsp3) is 0.500. The van der Waals surface area contributed by atoms with Crippen LogP contribution in [-0.4, -0.2) is 9.78 Å². The number of hydrogen-bond donors (Lipinski definition) is 0. The molecule has 0 spiro atoms. The first-order valence-electron chi connectivity index (χ1n) is 2.94. The van der Waals surface area contributed by atoms with Crippen molar-refractivity contribution in [3.63, 3.8) is 0 Å².